The number of aromatic amines is 1. The molecule has 0 atom stereocenters. The Morgan fingerprint density at radius 1 is 1.55 bits per heavy atom. The third-order valence-electron chi connectivity index (χ3n) is 1.49. The van der Waals surface area contributed by atoms with Crippen LogP contribution in [0.5, 0.6) is 0 Å². The molecular weight excluding hydrogens is 158 g/mol. The molecule has 0 saturated heterocycles. The number of thioether (sulfide) groups is 1. The van der Waals surface area contributed by atoms with Gasteiger partial charge in [-0.1, -0.05) is 0 Å². The van der Waals surface area contributed by atoms with Gasteiger partial charge in [-0.2, -0.15) is 5.10 Å². The summed E-state index contributed by atoms with van der Waals surface area (Å²) in [6, 6.07) is 3.93. The van der Waals surface area contributed by atoms with Crippen LogP contribution in [0.1, 0.15) is 0 Å². The maximum atomic E-state index is 4.12. The van der Waals surface area contributed by atoms with Crippen molar-refractivity contribution in [2.75, 3.05) is 6.26 Å². The fourth-order valence-corrected chi connectivity index (χ4v) is 1.51. The first-order chi connectivity index (χ1) is 5.42. The number of H-pyrrole nitrogens is 1. The second-order valence-electron chi connectivity index (χ2n) is 2.13. The highest BCUT2D eigenvalue weighted by molar-refractivity contribution is 7.98. The molecule has 0 aliphatic rings. The van der Waals surface area contributed by atoms with Crippen LogP contribution in [0.25, 0.3) is 11.0 Å². The van der Waals surface area contributed by atoms with Crippen LogP contribution >= 0.6 is 11.8 Å². The normalized spacial score (nSPS) is 10.6. The van der Waals surface area contributed by atoms with Crippen molar-refractivity contribution in [3.63, 3.8) is 0 Å². The largest absolute Gasteiger partial charge is 0.260 e. The van der Waals surface area contributed by atoms with E-state index in [-0.39, 0.29) is 0 Å². The van der Waals surface area contributed by atoms with Crippen molar-refractivity contribution in [3.05, 3.63) is 18.3 Å². The maximum Gasteiger partial charge on any atom is 0.156 e. The topological polar surface area (TPSA) is 41.6 Å². The van der Waals surface area contributed by atoms with Gasteiger partial charge in [-0.05, 0) is 18.4 Å². The molecule has 0 amide bonds. The number of nitrogens with zero attached hydrogens (tertiary/aromatic N) is 2. The van der Waals surface area contributed by atoms with Crippen LogP contribution in [0, 0.1) is 0 Å². The first-order valence-electron chi connectivity index (χ1n) is 3.25. The summed E-state index contributed by atoms with van der Waals surface area (Å²) in [4.78, 5) is 4.12. The molecule has 0 bridgehead atoms. The summed E-state index contributed by atoms with van der Waals surface area (Å²) >= 11 is 1.62. The molecule has 0 radical (unpaired) electrons. The molecule has 2 rings (SSSR count). The molecule has 0 aromatic carbocycles. The van der Waals surface area contributed by atoms with Gasteiger partial charge in [0.25, 0.3) is 0 Å². The first kappa shape index (κ1) is 6.67. The van der Waals surface area contributed by atoms with Crippen molar-refractivity contribution in [3.8, 4) is 0 Å². The molecule has 2 aromatic heterocycles. The number of rotatable bonds is 1. The van der Waals surface area contributed by atoms with E-state index >= 15 is 0 Å². The monoisotopic (exact) mass is 165 g/mol. The van der Waals surface area contributed by atoms with Crippen LogP contribution in [-0.4, -0.2) is 21.4 Å². The summed E-state index contributed by atoms with van der Waals surface area (Å²) in [5.74, 6) is 0. The third kappa shape index (κ3) is 0.991. The minimum absolute atomic E-state index is 0.858. The second kappa shape index (κ2) is 2.54. The van der Waals surface area contributed by atoms with Gasteiger partial charge in [0.2, 0.25) is 0 Å². The number of hydrogen-bond acceptors (Lipinski definition) is 3. The molecule has 11 heavy (non-hydrogen) atoms. The molecule has 0 aliphatic carbocycles. The van der Waals surface area contributed by atoms with E-state index in [4.69, 9.17) is 0 Å². The Morgan fingerprint density at radius 3 is 3.27 bits per heavy atom. The standard InChI is InChI=1S/C7H7N3S/c1-11-7-5-3-2-4-8-6(5)9-10-7/h2-4H,1H3,(H,8,9,10). The van der Waals surface area contributed by atoms with Gasteiger partial charge in [0.05, 0.1) is 5.39 Å². The van der Waals surface area contributed by atoms with Gasteiger partial charge in [0.1, 0.15) is 5.03 Å². The fraction of sp³-hybridized carbons (Fsp3) is 0.143. The van der Waals surface area contributed by atoms with E-state index in [1.54, 1.807) is 18.0 Å². The van der Waals surface area contributed by atoms with E-state index < -0.39 is 0 Å². The number of hydrogen-bond donors (Lipinski definition) is 1. The number of aromatic nitrogens is 3. The van der Waals surface area contributed by atoms with Crippen LogP contribution in [0.3, 0.4) is 0 Å². The molecule has 1 N–H and O–H groups in total. The number of pyridine rings is 1. The Labute approximate surface area is 68.2 Å². The van der Waals surface area contributed by atoms with Crippen molar-refractivity contribution >= 4 is 22.8 Å². The number of nitrogens with one attached hydrogen (secondary N) is 1. The lowest BCUT2D eigenvalue weighted by molar-refractivity contribution is 1.02. The zero-order chi connectivity index (χ0) is 7.68. The molecule has 56 valence electrons. The zero-order valence-electron chi connectivity index (χ0n) is 6.03. The Bertz CT molecular complexity index is 368. The molecule has 4 heteroatoms. The van der Waals surface area contributed by atoms with Gasteiger partial charge in [0, 0.05) is 6.20 Å². The molecule has 2 heterocycles. The summed E-state index contributed by atoms with van der Waals surface area (Å²) in [6.07, 6.45) is 3.76. The molecule has 0 aliphatic heterocycles. The van der Waals surface area contributed by atoms with Gasteiger partial charge in [-0.25, -0.2) is 4.98 Å². The van der Waals surface area contributed by atoms with Gasteiger partial charge in [-0.3, -0.25) is 5.10 Å². The van der Waals surface area contributed by atoms with Crippen LogP contribution in [0.4, 0.5) is 0 Å². The lowest BCUT2D eigenvalue weighted by atomic mass is 10.4. The smallest absolute Gasteiger partial charge is 0.156 e. The van der Waals surface area contributed by atoms with Crippen molar-refractivity contribution in [2.24, 2.45) is 0 Å². The Hall–Kier alpha value is -1.03. The van der Waals surface area contributed by atoms with E-state index in [1.807, 2.05) is 18.4 Å². The van der Waals surface area contributed by atoms with Gasteiger partial charge < -0.3 is 0 Å². The van der Waals surface area contributed by atoms with Crippen LogP contribution in [-0.2, 0) is 0 Å². The van der Waals surface area contributed by atoms with E-state index in [1.165, 1.54) is 0 Å². The number of fused-ring (bicyclic) bond motifs is 1. The minimum atomic E-state index is 0.858. The van der Waals surface area contributed by atoms with Gasteiger partial charge in [0.15, 0.2) is 5.65 Å². The molecule has 0 unspecified atom stereocenters. The average molecular weight is 165 g/mol. The fourth-order valence-electron chi connectivity index (χ4n) is 0.987. The lowest BCUT2D eigenvalue weighted by Crippen LogP contribution is -1.72. The second-order valence-corrected chi connectivity index (χ2v) is 2.93. The summed E-state index contributed by atoms with van der Waals surface area (Å²) < 4.78 is 0. The highest BCUT2D eigenvalue weighted by Crippen LogP contribution is 2.20. The van der Waals surface area contributed by atoms with Crippen LogP contribution < -0.4 is 0 Å². The Kier molecular flexibility index (Phi) is 1.54. The van der Waals surface area contributed by atoms with E-state index in [0.29, 0.717) is 0 Å². The van der Waals surface area contributed by atoms with Crippen molar-refractivity contribution in [1.29, 1.82) is 0 Å². The molecule has 0 spiro atoms. The van der Waals surface area contributed by atoms with Crippen LogP contribution in [0.15, 0.2) is 23.4 Å². The zero-order valence-corrected chi connectivity index (χ0v) is 6.85. The molecule has 0 saturated carbocycles. The Balaban J connectivity index is 2.76. The molecule has 3 nitrogen and oxygen atoms in total. The maximum absolute atomic E-state index is 4.12. The third-order valence-corrected chi connectivity index (χ3v) is 2.19. The predicted octanol–water partition coefficient (Wildman–Crippen LogP) is 1.68. The van der Waals surface area contributed by atoms with Crippen molar-refractivity contribution in [1.82, 2.24) is 15.2 Å². The summed E-state index contributed by atoms with van der Waals surface area (Å²) in [5.41, 5.74) is 0.858. The van der Waals surface area contributed by atoms with E-state index in [2.05, 4.69) is 15.2 Å². The van der Waals surface area contributed by atoms with Crippen molar-refractivity contribution in [2.45, 2.75) is 5.03 Å². The first-order valence-corrected chi connectivity index (χ1v) is 4.47. The Morgan fingerprint density at radius 2 is 2.45 bits per heavy atom. The summed E-state index contributed by atoms with van der Waals surface area (Å²) in [5, 5.41) is 9.05. The SMILES string of the molecule is CSc1n[nH]c2ncccc12. The lowest BCUT2D eigenvalue weighted by Gasteiger charge is -1.87. The van der Waals surface area contributed by atoms with Gasteiger partial charge >= 0.3 is 0 Å². The van der Waals surface area contributed by atoms with Gasteiger partial charge in [-0.15, -0.1) is 11.8 Å². The summed E-state index contributed by atoms with van der Waals surface area (Å²) in [7, 11) is 0. The van der Waals surface area contributed by atoms with Crippen molar-refractivity contribution < 1.29 is 0 Å². The highest BCUT2D eigenvalue weighted by atomic mass is 32.2. The highest BCUT2D eigenvalue weighted by Gasteiger charge is 2.02. The molecular formula is C7H7N3S. The van der Waals surface area contributed by atoms with E-state index in [9.17, 15) is 0 Å². The quantitative estimate of drug-likeness (QED) is 0.654. The summed E-state index contributed by atoms with van der Waals surface area (Å²) in [6.45, 7) is 0. The predicted molar refractivity (Wildman–Crippen MR) is 45.7 cm³/mol. The molecule has 2 aromatic rings. The molecule has 0 fully saturated rings. The minimum Gasteiger partial charge on any atom is -0.260 e. The van der Waals surface area contributed by atoms with Crippen LogP contribution in [0.2, 0.25) is 0 Å². The van der Waals surface area contributed by atoms with E-state index in [0.717, 1.165) is 16.1 Å². The average Bonchev–Trinajstić information content (AvgIpc) is 2.47.